The van der Waals surface area contributed by atoms with Gasteiger partial charge in [0.15, 0.2) is 11.5 Å². The van der Waals surface area contributed by atoms with E-state index < -0.39 is 50.1 Å². The molecule has 0 saturated carbocycles. The number of carbonyl (C=O) groups is 1. The van der Waals surface area contributed by atoms with Crippen LogP contribution in [0.25, 0.3) is 11.2 Å². The van der Waals surface area contributed by atoms with E-state index in [1.54, 1.807) is 18.5 Å². The van der Waals surface area contributed by atoms with Crippen molar-refractivity contribution in [3.8, 4) is 6.07 Å². The Morgan fingerprint density at radius 1 is 0.921 bits per heavy atom. The van der Waals surface area contributed by atoms with Crippen molar-refractivity contribution in [1.82, 2.24) is 29.7 Å². The summed E-state index contributed by atoms with van der Waals surface area (Å²) in [4.78, 5) is 45.2. The predicted octanol–water partition coefficient (Wildman–Crippen LogP) is 7.21. The van der Waals surface area contributed by atoms with E-state index in [1.807, 2.05) is 41.0 Å². The molecule has 0 amide bonds. The molecule has 2 saturated heterocycles. The van der Waals surface area contributed by atoms with E-state index >= 15 is 0 Å². The molecular formula is C48H56N9O5P. The third kappa shape index (κ3) is 9.51. The summed E-state index contributed by atoms with van der Waals surface area (Å²) < 4.78 is 16.1. The molecule has 2 aromatic heterocycles. The van der Waals surface area contributed by atoms with Crippen LogP contribution in [0.15, 0.2) is 134 Å². The minimum Gasteiger partial charge on any atom is -0.456 e. The number of benzene rings is 4. The van der Waals surface area contributed by atoms with Gasteiger partial charge in [-0.25, -0.2) is 19.7 Å². The number of esters is 1. The van der Waals surface area contributed by atoms with Crippen molar-refractivity contribution in [2.45, 2.75) is 94.5 Å². The zero-order valence-electron chi connectivity index (χ0n) is 36.0. The molecule has 0 bridgehead atoms. The molecule has 5 atom stereocenters. The third-order valence-electron chi connectivity index (χ3n) is 12.7. The molecule has 7 N–H and O–H groups in total. The van der Waals surface area contributed by atoms with Gasteiger partial charge >= 0.3 is 5.97 Å². The number of carbonyl (C=O) groups excluding carboxylic acids is 1. The van der Waals surface area contributed by atoms with Gasteiger partial charge in [0, 0.05) is 42.4 Å². The van der Waals surface area contributed by atoms with Gasteiger partial charge in [0.05, 0.1) is 23.5 Å². The molecule has 14 nitrogen and oxygen atoms in total. The lowest BCUT2D eigenvalue weighted by molar-refractivity contribution is -0.148. The standard InChI is InChI=1S/C48H52N8O3.H4NO2P/c1-46(2)27-26-37(47(3,4)56(46)29-17-28-49)41(59-45(57)33-18-9-5-10-19-33)42-38(30-39(58-42)55-32-53-40-43(50)51-31-52-44(40)55)54-48(34-20-11-6-12-21-34,35-22-13-7-14-23-35)36-24-15-8-16-25-36;1-4(2)3/h5-16,18-25,31-32,37-39,41-42,54H,17,26-27,29-30H2,1-4H3,(H2,50,51,52);2-3H,1H2/t37?,38-,39+,41?,42-;/m0./s1. The molecule has 0 spiro atoms. The lowest BCUT2D eigenvalue weighted by Gasteiger charge is -2.58. The molecule has 328 valence electrons. The van der Waals surface area contributed by atoms with Crippen molar-refractivity contribution in [1.29, 1.82) is 5.26 Å². The van der Waals surface area contributed by atoms with E-state index in [0.29, 0.717) is 36.1 Å². The fourth-order valence-electron chi connectivity index (χ4n) is 9.92. The number of anilines is 1. The summed E-state index contributed by atoms with van der Waals surface area (Å²) in [6, 6.07) is 42.6. The van der Waals surface area contributed by atoms with Crippen LogP contribution < -0.4 is 16.6 Å². The molecular weight excluding hydrogens is 814 g/mol. The molecule has 8 rings (SSSR count). The summed E-state index contributed by atoms with van der Waals surface area (Å²) in [6.07, 6.45) is 3.66. The third-order valence-corrected chi connectivity index (χ3v) is 12.7. The van der Waals surface area contributed by atoms with Gasteiger partial charge in [-0.3, -0.25) is 20.3 Å². The highest BCUT2D eigenvalue weighted by Gasteiger charge is 2.56. The number of likely N-dealkylation sites (tertiary alicyclic amines) is 1. The molecule has 2 unspecified atom stereocenters. The van der Waals surface area contributed by atoms with Gasteiger partial charge in [0.1, 0.15) is 30.3 Å². The number of nitrogens with zero attached hydrogens (tertiary/aromatic N) is 6. The SMILES string of the molecule is CC1(C)CCC(C(OC(=O)c2ccccc2)[C@H]2O[C@@H](n3cnc4c(N)ncnc43)C[C@@H]2NC(c2ccccc2)(c2ccccc2)c2ccccc2)C(C)(C)N1CCC#N.NP(O)O. The second kappa shape index (κ2) is 19.4. The highest BCUT2D eigenvalue weighted by Crippen LogP contribution is 2.49. The van der Waals surface area contributed by atoms with Crippen LogP contribution in [0.1, 0.15) is 86.7 Å². The number of nitrogens with one attached hydrogen (secondary N) is 1. The first kappa shape index (κ1) is 45.4. The number of nitrogen functional groups attached to an aromatic ring is 1. The second-order valence-electron chi connectivity index (χ2n) is 17.2. The van der Waals surface area contributed by atoms with Gasteiger partial charge < -0.3 is 25.0 Å². The molecule has 4 aromatic carbocycles. The first-order chi connectivity index (χ1) is 30.3. The summed E-state index contributed by atoms with van der Waals surface area (Å²) in [7, 11) is -2.12. The van der Waals surface area contributed by atoms with Crippen molar-refractivity contribution >= 4 is 31.5 Å². The normalized spacial score (nSPS) is 21.3. The molecule has 2 aliphatic rings. The second-order valence-corrected chi connectivity index (χ2v) is 17.8. The van der Waals surface area contributed by atoms with Gasteiger partial charge in [-0.15, -0.1) is 0 Å². The zero-order valence-corrected chi connectivity index (χ0v) is 36.9. The molecule has 15 heteroatoms. The Morgan fingerprint density at radius 3 is 2.00 bits per heavy atom. The number of aromatic nitrogens is 4. The van der Waals surface area contributed by atoms with E-state index in [0.717, 1.165) is 29.5 Å². The smallest absolute Gasteiger partial charge is 0.338 e. The van der Waals surface area contributed by atoms with Gasteiger partial charge in [-0.2, -0.15) is 5.26 Å². The number of rotatable bonds is 12. The van der Waals surface area contributed by atoms with Crippen molar-refractivity contribution in [3.05, 3.63) is 156 Å². The molecule has 63 heavy (non-hydrogen) atoms. The maximum atomic E-state index is 14.4. The summed E-state index contributed by atoms with van der Waals surface area (Å²) >= 11 is 0. The van der Waals surface area contributed by atoms with Crippen LogP contribution in [-0.2, 0) is 15.0 Å². The van der Waals surface area contributed by atoms with E-state index in [1.165, 1.54) is 6.33 Å². The first-order valence-corrected chi connectivity index (χ1v) is 22.5. The summed E-state index contributed by atoms with van der Waals surface area (Å²) in [5, 5.41) is 14.0. The number of fused-ring (bicyclic) bond motifs is 1. The summed E-state index contributed by atoms with van der Waals surface area (Å²) in [5.41, 5.74) is 13.7. The first-order valence-electron chi connectivity index (χ1n) is 21.1. The maximum absolute atomic E-state index is 14.4. The van der Waals surface area contributed by atoms with Crippen LogP contribution in [0.4, 0.5) is 5.82 Å². The zero-order chi connectivity index (χ0) is 44.8. The van der Waals surface area contributed by atoms with E-state index in [9.17, 15) is 10.1 Å². The Bertz CT molecular complexity index is 2370. The Kier molecular flexibility index (Phi) is 14.0. The molecule has 2 aliphatic heterocycles. The highest BCUT2D eigenvalue weighted by molar-refractivity contribution is 7.42. The fraction of sp³-hybridized carbons (Fsp3) is 0.354. The Hall–Kier alpha value is -5.62. The number of hydrogen-bond donors (Lipinski definition) is 5. The van der Waals surface area contributed by atoms with Gasteiger partial charge in [-0.1, -0.05) is 109 Å². The average Bonchev–Trinajstić information content (AvgIpc) is 3.91. The largest absolute Gasteiger partial charge is 0.456 e. The van der Waals surface area contributed by atoms with Crippen LogP contribution in [0.3, 0.4) is 0 Å². The van der Waals surface area contributed by atoms with Crippen molar-refractivity contribution < 1.29 is 24.1 Å². The Morgan fingerprint density at radius 2 is 1.46 bits per heavy atom. The van der Waals surface area contributed by atoms with Crippen molar-refractivity contribution in [2.75, 3.05) is 12.3 Å². The Labute approximate surface area is 369 Å². The van der Waals surface area contributed by atoms with Gasteiger partial charge in [-0.05, 0) is 69.4 Å². The topological polar surface area (TPSA) is 211 Å². The van der Waals surface area contributed by atoms with Crippen molar-refractivity contribution in [2.24, 2.45) is 11.4 Å². The van der Waals surface area contributed by atoms with Crippen LogP contribution in [0.5, 0.6) is 0 Å². The summed E-state index contributed by atoms with van der Waals surface area (Å²) in [5.74, 6) is -0.320. The minimum absolute atomic E-state index is 0.188. The number of nitrogens with two attached hydrogens (primary N) is 2. The highest BCUT2D eigenvalue weighted by atomic mass is 31.2. The molecule has 0 aliphatic carbocycles. The Balaban J connectivity index is 0.00000143. The number of nitriles is 1. The number of hydrogen-bond acceptors (Lipinski definition) is 13. The maximum Gasteiger partial charge on any atom is 0.338 e. The number of piperidine rings is 1. The minimum atomic E-state index is -2.12. The van der Waals surface area contributed by atoms with Crippen LogP contribution in [0.2, 0.25) is 0 Å². The summed E-state index contributed by atoms with van der Waals surface area (Å²) in [6.45, 7) is 9.51. The molecule has 2 fully saturated rings. The van der Waals surface area contributed by atoms with Gasteiger partial charge in [0.2, 0.25) is 8.53 Å². The molecule has 6 aromatic rings. The fourth-order valence-corrected chi connectivity index (χ4v) is 9.92. The van der Waals surface area contributed by atoms with Crippen molar-refractivity contribution in [3.63, 3.8) is 0 Å². The molecule has 4 heterocycles. The molecule has 0 radical (unpaired) electrons. The lowest BCUT2D eigenvalue weighted by atomic mass is 9.68. The number of imidazole rings is 1. The van der Waals surface area contributed by atoms with E-state index in [4.69, 9.17) is 25.0 Å². The predicted molar refractivity (Wildman–Crippen MR) is 243 cm³/mol. The van der Waals surface area contributed by atoms with E-state index in [2.05, 4.69) is 137 Å². The number of ether oxygens (including phenoxy) is 2. The van der Waals surface area contributed by atoms with E-state index in [-0.39, 0.29) is 17.3 Å². The van der Waals surface area contributed by atoms with Gasteiger partial charge in [0.25, 0.3) is 0 Å². The lowest BCUT2D eigenvalue weighted by Crippen LogP contribution is -2.67. The van der Waals surface area contributed by atoms with Crippen LogP contribution in [0, 0.1) is 17.2 Å². The monoisotopic (exact) mass is 869 g/mol. The quantitative estimate of drug-likeness (QED) is 0.0468. The van der Waals surface area contributed by atoms with Crippen LogP contribution in [-0.4, -0.2) is 76.0 Å². The van der Waals surface area contributed by atoms with Crippen LogP contribution >= 0.6 is 8.53 Å². The average molecular weight is 870 g/mol.